The molecule has 19 heavy (non-hydrogen) atoms. The molecule has 0 saturated heterocycles. The van der Waals surface area contributed by atoms with Crippen molar-refractivity contribution in [2.24, 2.45) is 13.0 Å². The Labute approximate surface area is 118 Å². The molecule has 0 aliphatic heterocycles. The third-order valence-corrected chi connectivity index (χ3v) is 4.74. The molecule has 6 heteroatoms. The first-order valence-corrected chi connectivity index (χ1v) is 7.90. The van der Waals surface area contributed by atoms with Crippen LogP contribution in [0.4, 0.5) is 0 Å². The van der Waals surface area contributed by atoms with Crippen LogP contribution in [0.3, 0.4) is 0 Å². The third-order valence-electron chi connectivity index (χ3n) is 3.56. The van der Waals surface area contributed by atoms with Crippen molar-refractivity contribution in [3.05, 3.63) is 6.33 Å². The Kier molecular flexibility index (Phi) is 5.66. The van der Waals surface area contributed by atoms with E-state index in [1.54, 1.807) is 6.33 Å². The molecule has 108 valence electrons. The number of aliphatic hydroxyl groups excluding tert-OH is 1. The number of thioether (sulfide) groups is 1. The van der Waals surface area contributed by atoms with Gasteiger partial charge in [0.2, 0.25) is 0 Å². The second kappa shape index (κ2) is 7.26. The first-order chi connectivity index (χ1) is 9.15. The highest BCUT2D eigenvalue weighted by Crippen LogP contribution is 2.25. The summed E-state index contributed by atoms with van der Waals surface area (Å²) in [6.07, 6.45) is 6.30. The Morgan fingerprint density at radius 2 is 2.21 bits per heavy atom. The highest BCUT2D eigenvalue weighted by Gasteiger charge is 2.19. The molecular weight excluding hydrogens is 262 g/mol. The molecule has 1 aliphatic rings. The van der Waals surface area contributed by atoms with E-state index in [0.717, 1.165) is 23.9 Å². The lowest BCUT2D eigenvalue weighted by Crippen LogP contribution is -2.26. The van der Waals surface area contributed by atoms with Crippen LogP contribution in [-0.2, 0) is 11.8 Å². The summed E-state index contributed by atoms with van der Waals surface area (Å²) in [7, 11) is 1.90. The van der Waals surface area contributed by atoms with Crippen LogP contribution in [0.5, 0.6) is 0 Å². The topological polar surface area (TPSA) is 60.2 Å². The molecule has 1 unspecified atom stereocenters. The van der Waals surface area contributed by atoms with Crippen molar-refractivity contribution in [3.63, 3.8) is 0 Å². The molecule has 1 aromatic heterocycles. The molecule has 1 N–H and O–H groups in total. The molecule has 0 aromatic carbocycles. The van der Waals surface area contributed by atoms with E-state index in [1.165, 1.54) is 24.6 Å². The maximum atomic E-state index is 9.92. The Morgan fingerprint density at radius 1 is 1.47 bits per heavy atom. The van der Waals surface area contributed by atoms with Gasteiger partial charge in [-0.15, -0.1) is 10.2 Å². The number of ether oxygens (including phenoxy) is 1. The molecular formula is C13H23N3O2S. The molecule has 2 rings (SSSR count). The number of hydrogen-bond acceptors (Lipinski definition) is 5. The van der Waals surface area contributed by atoms with Crippen LogP contribution in [0, 0.1) is 5.92 Å². The minimum absolute atomic E-state index is 0.339. The Hall–Kier alpha value is -0.590. The first-order valence-electron chi connectivity index (χ1n) is 6.91. The van der Waals surface area contributed by atoms with E-state index in [-0.39, 0.29) is 0 Å². The lowest BCUT2D eigenvalue weighted by atomic mass is 9.89. The van der Waals surface area contributed by atoms with E-state index < -0.39 is 6.10 Å². The lowest BCUT2D eigenvalue weighted by Gasteiger charge is -2.27. The molecule has 1 fully saturated rings. The lowest BCUT2D eigenvalue weighted by molar-refractivity contribution is -0.0218. The monoisotopic (exact) mass is 285 g/mol. The number of nitrogens with zero attached hydrogens (tertiary/aromatic N) is 3. The van der Waals surface area contributed by atoms with Crippen LogP contribution in [0.15, 0.2) is 11.5 Å². The smallest absolute Gasteiger partial charge is 0.190 e. The van der Waals surface area contributed by atoms with E-state index >= 15 is 0 Å². The molecule has 0 radical (unpaired) electrons. The Balaban J connectivity index is 1.62. The van der Waals surface area contributed by atoms with Crippen LogP contribution >= 0.6 is 11.8 Å². The zero-order valence-corrected chi connectivity index (χ0v) is 12.5. The van der Waals surface area contributed by atoms with Gasteiger partial charge in [0.1, 0.15) is 6.33 Å². The van der Waals surface area contributed by atoms with Crippen LogP contribution < -0.4 is 0 Å². The van der Waals surface area contributed by atoms with E-state index in [1.807, 2.05) is 11.6 Å². The SMILES string of the molecule is CC1CCC(OCC(O)CSc2nncn2C)CC1. The average Bonchev–Trinajstić information content (AvgIpc) is 2.81. The predicted octanol–water partition coefficient (Wildman–Crippen LogP) is 1.86. The van der Waals surface area contributed by atoms with Gasteiger partial charge in [0.25, 0.3) is 0 Å². The summed E-state index contributed by atoms with van der Waals surface area (Å²) in [6, 6.07) is 0. The maximum absolute atomic E-state index is 9.92. The van der Waals surface area contributed by atoms with Crippen molar-refractivity contribution in [2.75, 3.05) is 12.4 Å². The number of aliphatic hydroxyl groups is 1. The molecule has 0 bridgehead atoms. The third kappa shape index (κ3) is 4.78. The maximum Gasteiger partial charge on any atom is 0.190 e. The van der Waals surface area contributed by atoms with Crippen LogP contribution in [-0.4, -0.2) is 44.4 Å². The van der Waals surface area contributed by atoms with E-state index in [4.69, 9.17) is 4.74 Å². The first kappa shape index (κ1) is 14.8. The standard InChI is InChI=1S/C13H23N3O2S/c1-10-3-5-12(6-4-10)18-7-11(17)8-19-13-15-14-9-16(13)2/h9-12,17H,3-8H2,1-2H3. The number of aromatic nitrogens is 3. The van der Waals surface area contributed by atoms with Gasteiger partial charge in [-0.1, -0.05) is 18.7 Å². The van der Waals surface area contributed by atoms with Crippen LogP contribution in [0.25, 0.3) is 0 Å². The second-order valence-corrected chi connectivity index (χ2v) is 6.39. The Morgan fingerprint density at radius 3 is 2.84 bits per heavy atom. The molecule has 1 aliphatic carbocycles. The van der Waals surface area contributed by atoms with Gasteiger partial charge >= 0.3 is 0 Å². The summed E-state index contributed by atoms with van der Waals surface area (Å²) in [5.41, 5.74) is 0. The van der Waals surface area contributed by atoms with Gasteiger partial charge in [0, 0.05) is 12.8 Å². The highest BCUT2D eigenvalue weighted by molar-refractivity contribution is 7.99. The minimum Gasteiger partial charge on any atom is -0.390 e. The van der Waals surface area contributed by atoms with Crippen molar-refractivity contribution >= 4 is 11.8 Å². The number of rotatable bonds is 6. The minimum atomic E-state index is -0.443. The van der Waals surface area contributed by atoms with Crippen LogP contribution in [0.2, 0.25) is 0 Å². The summed E-state index contributed by atoms with van der Waals surface area (Å²) < 4.78 is 7.64. The molecule has 1 aromatic rings. The fourth-order valence-electron chi connectivity index (χ4n) is 2.27. The fraction of sp³-hybridized carbons (Fsp3) is 0.846. The van der Waals surface area contributed by atoms with Gasteiger partial charge < -0.3 is 14.4 Å². The van der Waals surface area contributed by atoms with Gasteiger partial charge in [-0.2, -0.15) is 0 Å². The van der Waals surface area contributed by atoms with Gasteiger partial charge in [0.15, 0.2) is 5.16 Å². The number of aryl methyl sites for hydroxylation is 1. The quantitative estimate of drug-likeness (QED) is 0.809. The van der Waals surface area contributed by atoms with E-state index in [0.29, 0.717) is 18.5 Å². The highest BCUT2D eigenvalue weighted by atomic mass is 32.2. The van der Waals surface area contributed by atoms with E-state index in [2.05, 4.69) is 17.1 Å². The Bertz CT molecular complexity index is 378. The molecule has 0 amide bonds. The largest absolute Gasteiger partial charge is 0.390 e. The molecule has 1 atom stereocenters. The van der Waals surface area contributed by atoms with E-state index in [9.17, 15) is 5.11 Å². The summed E-state index contributed by atoms with van der Waals surface area (Å²) >= 11 is 1.51. The van der Waals surface area contributed by atoms with Crippen molar-refractivity contribution in [2.45, 2.75) is 50.0 Å². The fourth-order valence-corrected chi connectivity index (χ4v) is 3.06. The van der Waals surface area contributed by atoms with Gasteiger partial charge in [-0.25, -0.2) is 0 Å². The zero-order chi connectivity index (χ0) is 13.7. The van der Waals surface area contributed by atoms with Gasteiger partial charge in [-0.3, -0.25) is 0 Å². The predicted molar refractivity (Wildman–Crippen MR) is 75.1 cm³/mol. The summed E-state index contributed by atoms with van der Waals surface area (Å²) in [6.45, 7) is 2.71. The normalized spacial score (nSPS) is 25.4. The summed E-state index contributed by atoms with van der Waals surface area (Å²) in [5, 5.41) is 18.5. The zero-order valence-electron chi connectivity index (χ0n) is 11.7. The molecule has 1 heterocycles. The van der Waals surface area contributed by atoms with Crippen molar-refractivity contribution in [3.8, 4) is 0 Å². The summed E-state index contributed by atoms with van der Waals surface area (Å²) in [4.78, 5) is 0. The van der Waals surface area contributed by atoms with Gasteiger partial charge in [0.05, 0.1) is 18.8 Å². The van der Waals surface area contributed by atoms with Crippen LogP contribution in [0.1, 0.15) is 32.6 Å². The molecule has 1 saturated carbocycles. The number of hydrogen-bond donors (Lipinski definition) is 1. The molecule has 0 spiro atoms. The van der Waals surface area contributed by atoms with Gasteiger partial charge in [-0.05, 0) is 31.6 Å². The summed E-state index contributed by atoms with van der Waals surface area (Å²) in [5.74, 6) is 1.42. The molecule has 5 nitrogen and oxygen atoms in total. The van der Waals surface area contributed by atoms with Crippen molar-refractivity contribution in [1.29, 1.82) is 0 Å². The van der Waals surface area contributed by atoms with Crippen molar-refractivity contribution < 1.29 is 9.84 Å². The second-order valence-electron chi connectivity index (χ2n) is 5.40. The van der Waals surface area contributed by atoms with Crippen molar-refractivity contribution in [1.82, 2.24) is 14.8 Å². The average molecular weight is 285 g/mol.